The average molecular weight is 591 g/mol. The number of aryl methyl sites for hydroxylation is 1. The van der Waals surface area contributed by atoms with E-state index in [1.165, 1.54) is 23.1 Å². The lowest BCUT2D eigenvalue weighted by atomic mass is 10.1. The lowest BCUT2D eigenvalue weighted by Gasteiger charge is -2.32. The van der Waals surface area contributed by atoms with Gasteiger partial charge in [-0.2, -0.15) is 0 Å². The second-order valence-corrected chi connectivity index (χ2v) is 11.9. The second kappa shape index (κ2) is 13.8. The highest BCUT2D eigenvalue weighted by Crippen LogP contribution is 2.28. The number of nitrogens with zero attached hydrogens (tertiary/aromatic N) is 2. The van der Waals surface area contributed by atoms with Gasteiger partial charge in [-0.05, 0) is 67.8 Å². The molecule has 2 amide bonds. The molecule has 0 radical (unpaired) electrons. The van der Waals surface area contributed by atoms with Crippen molar-refractivity contribution in [2.45, 2.75) is 51.1 Å². The first-order valence-corrected chi connectivity index (χ1v) is 14.9. The van der Waals surface area contributed by atoms with Crippen molar-refractivity contribution in [2.75, 3.05) is 17.4 Å². The zero-order valence-corrected chi connectivity index (χ0v) is 24.6. The van der Waals surface area contributed by atoms with Gasteiger partial charge in [0.05, 0.1) is 10.6 Å². The number of amides is 2. The first-order chi connectivity index (χ1) is 18.5. The quantitative estimate of drug-likeness (QED) is 0.269. The number of anilines is 1. The van der Waals surface area contributed by atoms with Gasteiger partial charge in [-0.15, -0.1) is 0 Å². The van der Waals surface area contributed by atoms with Gasteiger partial charge in [-0.1, -0.05) is 72.9 Å². The Morgan fingerprint density at radius 3 is 2.26 bits per heavy atom. The van der Waals surface area contributed by atoms with Crippen molar-refractivity contribution in [1.82, 2.24) is 10.2 Å². The highest BCUT2D eigenvalue weighted by Gasteiger charge is 2.32. The molecule has 0 saturated heterocycles. The molecule has 0 heterocycles. The van der Waals surface area contributed by atoms with Gasteiger partial charge in [0, 0.05) is 23.1 Å². The molecule has 1 unspecified atom stereocenters. The number of nitrogens with one attached hydrogen (secondary N) is 1. The van der Waals surface area contributed by atoms with Gasteiger partial charge < -0.3 is 10.2 Å². The van der Waals surface area contributed by atoms with E-state index in [9.17, 15) is 18.0 Å². The van der Waals surface area contributed by atoms with E-state index in [2.05, 4.69) is 5.32 Å². The summed E-state index contributed by atoms with van der Waals surface area (Å²) < 4.78 is 28.6. The van der Waals surface area contributed by atoms with Gasteiger partial charge in [0.25, 0.3) is 10.0 Å². The van der Waals surface area contributed by atoms with E-state index in [4.69, 9.17) is 23.2 Å². The summed E-state index contributed by atoms with van der Waals surface area (Å²) in [6, 6.07) is 18.8. The van der Waals surface area contributed by atoms with Crippen LogP contribution in [0.25, 0.3) is 0 Å². The van der Waals surface area contributed by atoms with E-state index in [1.54, 1.807) is 68.4 Å². The van der Waals surface area contributed by atoms with E-state index in [0.29, 0.717) is 16.6 Å². The fraction of sp³-hybridized carbons (Fsp3) is 0.310. The number of halogens is 2. The summed E-state index contributed by atoms with van der Waals surface area (Å²) >= 11 is 12.4. The van der Waals surface area contributed by atoms with Crippen LogP contribution < -0.4 is 9.62 Å². The molecular formula is C29H33Cl2N3O4S. The van der Waals surface area contributed by atoms with Crippen molar-refractivity contribution in [3.8, 4) is 0 Å². The summed E-state index contributed by atoms with van der Waals surface area (Å²) in [5, 5.41) is 3.78. The maximum Gasteiger partial charge on any atom is 0.264 e. The minimum absolute atomic E-state index is 0.0316. The SMILES string of the molecule is CCCCNC(=O)C(C)N(Cc1ccc(Cl)cc1)C(=O)CN(c1ccc(C)c(Cl)c1)S(=O)(=O)c1ccccc1. The fourth-order valence-corrected chi connectivity index (χ4v) is 5.62. The monoisotopic (exact) mass is 589 g/mol. The number of rotatable bonds is 12. The van der Waals surface area contributed by atoms with Crippen LogP contribution in [0.2, 0.25) is 10.0 Å². The number of carbonyl (C=O) groups excluding carboxylic acids is 2. The minimum Gasteiger partial charge on any atom is -0.354 e. The Morgan fingerprint density at radius 2 is 1.64 bits per heavy atom. The maximum absolute atomic E-state index is 13.9. The Hall–Kier alpha value is -3.07. The maximum atomic E-state index is 13.9. The Bertz CT molecular complexity index is 1380. The molecule has 3 rings (SSSR count). The summed E-state index contributed by atoms with van der Waals surface area (Å²) in [6.45, 7) is 5.50. The molecule has 1 atom stereocenters. The topological polar surface area (TPSA) is 86.8 Å². The zero-order valence-electron chi connectivity index (χ0n) is 22.2. The number of hydrogen-bond acceptors (Lipinski definition) is 4. The Labute approximate surface area is 240 Å². The van der Waals surface area contributed by atoms with Gasteiger partial charge in [0.15, 0.2) is 0 Å². The van der Waals surface area contributed by atoms with Crippen LogP contribution in [0.15, 0.2) is 77.7 Å². The van der Waals surface area contributed by atoms with Gasteiger partial charge in [-0.3, -0.25) is 13.9 Å². The molecule has 0 aliphatic carbocycles. The molecule has 208 valence electrons. The summed E-state index contributed by atoms with van der Waals surface area (Å²) in [4.78, 5) is 28.3. The van der Waals surface area contributed by atoms with E-state index < -0.39 is 28.5 Å². The zero-order chi connectivity index (χ0) is 28.6. The third kappa shape index (κ3) is 7.97. The van der Waals surface area contributed by atoms with Crippen molar-refractivity contribution in [3.63, 3.8) is 0 Å². The van der Waals surface area contributed by atoms with Crippen LogP contribution in [0.3, 0.4) is 0 Å². The molecule has 0 fully saturated rings. The minimum atomic E-state index is -4.15. The number of sulfonamides is 1. The van der Waals surface area contributed by atoms with Crippen LogP contribution in [0.1, 0.15) is 37.8 Å². The first-order valence-electron chi connectivity index (χ1n) is 12.7. The molecule has 0 spiro atoms. The lowest BCUT2D eigenvalue weighted by Crippen LogP contribution is -2.51. The molecule has 3 aromatic carbocycles. The summed E-state index contributed by atoms with van der Waals surface area (Å²) in [5.74, 6) is -0.860. The van der Waals surface area contributed by atoms with Gasteiger partial charge >= 0.3 is 0 Å². The summed E-state index contributed by atoms with van der Waals surface area (Å²) in [7, 11) is -4.15. The molecule has 3 aromatic rings. The van der Waals surface area contributed by atoms with Crippen LogP contribution in [0, 0.1) is 6.92 Å². The molecule has 0 bridgehead atoms. The first kappa shape index (κ1) is 30.5. The molecule has 0 aromatic heterocycles. The Morgan fingerprint density at radius 1 is 0.974 bits per heavy atom. The third-order valence-electron chi connectivity index (χ3n) is 6.32. The van der Waals surface area contributed by atoms with E-state index in [0.717, 1.165) is 28.3 Å². The molecule has 7 nitrogen and oxygen atoms in total. The van der Waals surface area contributed by atoms with Crippen molar-refractivity contribution < 1.29 is 18.0 Å². The summed E-state index contributed by atoms with van der Waals surface area (Å²) in [5.41, 5.74) is 1.76. The van der Waals surface area contributed by atoms with Crippen LogP contribution in [-0.4, -0.2) is 44.3 Å². The second-order valence-electron chi connectivity index (χ2n) is 9.23. The van der Waals surface area contributed by atoms with Gasteiger partial charge in [0.1, 0.15) is 12.6 Å². The van der Waals surface area contributed by atoms with Crippen molar-refractivity contribution in [1.29, 1.82) is 0 Å². The lowest BCUT2D eigenvalue weighted by molar-refractivity contribution is -0.139. The van der Waals surface area contributed by atoms with E-state index in [1.807, 2.05) is 6.92 Å². The molecular weight excluding hydrogens is 557 g/mol. The predicted molar refractivity (Wildman–Crippen MR) is 157 cm³/mol. The van der Waals surface area contributed by atoms with Crippen LogP contribution in [-0.2, 0) is 26.2 Å². The molecule has 0 saturated carbocycles. The Kier molecular flexibility index (Phi) is 10.8. The number of hydrogen-bond donors (Lipinski definition) is 1. The normalized spacial score (nSPS) is 12.0. The summed E-state index contributed by atoms with van der Waals surface area (Å²) in [6.07, 6.45) is 1.72. The van der Waals surface area contributed by atoms with Crippen molar-refractivity contribution in [2.24, 2.45) is 0 Å². The number of unbranched alkanes of at least 4 members (excludes halogenated alkanes) is 1. The Balaban J connectivity index is 2.00. The number of benzene rings is 3. The molecule has 39 heavy (non-hydrogen) atoms. The van der Waals surface area contributed by atoms with Crippen LogP contribution in [0.5, 0.6) is 0 Å². The van der Waals surface area contributed by atoms with Gasteiger partial charge in [-0.25, -0.2) is 8.42 Å². The third-order valence-corrected chi connectivity index (χ3v) is 8.76. The standard InChI is InChI=1S/C29H33Cl2N3O4S/c1-4-5-17-32-29(36)22(3)33(19-23-12-14-24(30)15-13-23)28(35)20-34(25-16-11-21(2)27(31)18-25)39(37,38)26-9-7-6-8-10-26/h6-16,18,22H,4-5,17,19-20H2,1-3H3,(H,32,36). The van der Waals surface area contributed by atoms with E-state index >= 15 is 0 Å². The van der Waals surface area contributed by atoms with E-state index in [-0.39, 0.29) is 23.0 Å². The van der Waals surface area contributed by atoms with Gasteiger partial charge in [0.2, 0.25) is 11.8 Å². The van der Waals surface area contributed by atoms with Crippen LogP contribution >= 0.6 is 23.2 Å². The molecule has 1 N–H and O–H groups in total. The molecule has 10 heteroatoms. The molecule has 0 aliphatic rings. The average Bonchev–Trinajstić information content (AvgIpc) is 2.93. The highest BCUT2D eigenvalue weighted by atomic mass is 35.5. The smallest absolute Gasteiger partial charge is 0.264 e. The van der Waals surface area contributed by atoms with Crippen molar-refractivity contribution >= 4 is 50.7 Å². The van der Waals surface area contributed by atoms with Crippen LogP contribution in [0.4, 0.5) is 5.69 Å². The fourth-order valence-electron chi connectivity index (χ4n) is 3.89. The largest absolute Gasteiger partial charge is 0.354 e. The molecule has 0 aliphatic heterocycles. The number of carbonyl (C=O) groups is 2. The van der Waals surface area contributed by atoms with Crippen molar-refractivity contribution in [3.05, 3.63) is 94.0 Å². The highest BCUT2D eigenvalue weighted by molar-refractivity contribution is 7.92. The predicted octanol–water partition coefficient (Wildman–Crippen LogP) is 5.83.